The van der Waals surface area contributed by atoms with Gasteiger partial charge in [-0.1, -0.05) is 0 Å². The van der Waals surface area contributed by atoms with Gasteiger partial charge in [0.2, 0.25) is 0 Å². The molecule has 1 aromatic heterocycles. The quantitative estimate of drug-likeness (QED) is 0.676. The molecule has 1 aliphatic rings. The Morgan fingerprint density at radius 1 is 1.29 bits per heavy atom. The van der Waals surface area contributed by atoms with Crippen LogP contribution in [-0.4, -0.2) is 24.6 Å². The van der Waals surface area contributed by atoms with E-state index >= 15 is 0 Å². The molecule has 0 aliphatic carbocycles. The minimum Gasteiger partial charge on any atom is -0.494 e. The molecule has 1 aliphatic heterocycles. The lowest BCUT2D eigenvalue weighted by atomic mass is 10.0. The fraction of sp³-hybridized carbons (Fsp3) is 0.412. The van der Waals surface area contributed by atoms with E-state index in [4.69, 9.17) is 10.5 Å². The number of thiophene rings is 1. The number of hydrogen-bond donors (Lipinski definition) is 1. The molecule has 1 unspecified atom stereocenters. The number of anilines is 1. The molecule has 0 amide bonds. The Kier molecular flexibility index (Phi) is 4.46. The van der Waals surface area contributed by atoms with Crippen LogP contribution >= 0.6 is 11.3 Å². The van der Waals surface area contributed by atoms with Crippen molar-refractivity contribution in [1.82, 2.24) is 4.90 Å². The largest absolute Gasteiger partial charge is 0.494 e. The highest BCUT2D eigenvalue weighted by Gasteiger charge is 2.23. The summed E-state index contributed by atoms with van der Waals surface area (Å²) < 4.78 is 5.76. The molecule has 0 bridgehead atoms. The molecule has 0 spiro atoms. The molecule has 0 saturated carbocycles. The molecule has 0 fully saturated rings. The summed E-state index contributed by atoms with van der Waals surface area (Å²) in [5.74, 6) is 0.899. The van der Waals surface area contributed by atoms with Crippen molar-refractivity contribution in [3.63, 3.8) is 0 Å². The molecule has 2 N–H and O–H groups in total. The summed E-state index contributed by atoms with van der Waals surface area (Å²) in [6.07, 6.45) is 2.24. The van der Waals surface area contributed by atoms with Crippen LogP contribution in [0.5, 0.6) is 5.75 Å². The van der Waals surface area contributed by atoms with Crippen molar-refractivity contribution in [3.8, 4) is 5.75 Å². The minimum atomic E-state index is 0.538. The zero-order valence-electron chi connectivity index (χ0n) is 12.4. The van der Waals surface area contributed by atoms with Gasteiger partial charge in [-0.15, -0.1) is 11.3 Å². The summed E-state index contributed by atoms with van der Waals surface area (Å²) in [5.41, 5.74) is 7.96. The normalized spacial score (nSPS) is 18.4. The van der Waals surface area contributed by atoms with Crippen molar-refractivity contribution in [2.24, 2.45) is 0 Å². The summed E-state index contributed by atoms with van der Waals surface area (Å²) in [6.45, 7) is 5.32. The average Bonchev–Trinajstić information content (AvgIpc) is 2.97. The monoisotopic (exact) mass is 302 g/mol. The molecule has 3 nitrogen and oxygen atoms in total. The van der Waals surface area contributed by atoms with Crippen LogP contribution in [0.25, 0.3) is 0 Å². The Morgan fingerprint density at radius 3 is 2.90 bits per heavy atom. The van der Waals surface area contributed by atoms with Crippen LogP contribution in [0.3, 0.4) is 0 Å². The second kappa shape index (κ2) is 6.50. The van der Waals surface area contributed by atoms with E-state index in [0.29, 0.717) is 6.04 Å². The van der Waals surface area contributed by atoms with Gasteiger partial charge in [-0.05, 0) is 61.0 Å². The highest BCUT2D eigenvalue weighted by molar-refractivity contribution is 7.10. The van der Waals surface area contributed by atoms with E-state index in [0.717, 1.165) is 37.6 Å². The number of fused-ring (bicyclic) bond motifs is 1. The molecule has 0 saturated heterocycles. The van der Waals surface area contributed by atoms with Crippen LogP contribution < -0.4 is 10.5 Å². The molecule has 3 rings (SSSR count). The SMILES string of the molecule is CC1c2ccsc2CCN1CCCOc1ccc(N)cc1. The van der Waals surface area contributed by atoms with Crippen LogP contribution in [0.2, 0.25) is 0 Å². The van der Waals surface area contributed by atoms with Crippen LogP contribution in [0.15, 0.2) is 35.7 Å². The van der Waals surface area contributed by atoms with Crippen molar-refractivity contribution in [1.29, 1.82) is 0 Å². The first-order chi connectivity index (χ1) is 10.2. The number of nitrogen functional groups attached to an aromatic ring is 1. The van der Waals surface area contributed by atoms with E-state index in [1.165, 1.54) is 12.0 Å². The summed E-state index contributed by atoms with van der Waals surface area (Å²) in [6, 6.07) is 10.4. The molecule has 1 aromatic carbocycles. The Morgan fingerprint density at radius 2 is 2.10 bits per heavy atom. The molecule has 21 heavy (non-hydrogen) atoms. The molecule has 0 radical (unpaired) electrons. The summed E-state index contributed by atoms with van der Waals surface area (Å²) in [4.78, 5) is 4.12. The topological polar surface area (TPSA) is 38.5 Å². The van der Waals surface area contributed by atoms with Gasteiger partial charge in [0.05, 0.1) is 6.61 Å². The van der Waals surface area contributed by atoms with Crippen LogP contribution in [0.1, 0.15) is 29.8 Å². The summed E-state index contributed by atoms with van der Waals surface area (Å²) in [5, 5.41) is 2.22. The fourth-order valence-electron chi connectivity index (χ4n) is 2.89. The van der Waals surface area contributed by atoms with Crippen LogP contribution in [-0.2, 0) is 6.42 Å². The third-order valence-electron chi connectivity index (χ3n) is 4.14. The standard InChI is InChI=1S/C17H22N2OS/c1-13-16-8-12-21-17(16)7-10-19(13)9-2-11-20-15-5-3-14(18)4-6-15/h3-6,8,12-13H,2,7,9-11,18H2,1H3. The predicted octanol–water partition coefficient (Wildman–Crippen LogP) is 3.72. The van der Waals surface area contributed by atoms with Crippen LogP contribution in [0, 0.1) is 0 Å². The zero-order chi connectivity index (χ0) is 14.7. The lowest BCUT2D eigenvalue weighted by molar-refractivity contribution is 0.181. The maximum atomic E-state index is 5.76. The van der Waals surface area contributed by atoms with Gasteiger partial charge in [-0.2, -0.15) is 0 Å². The Bertz CT molecular complexity index is 579. The van der Waals surface area contributed by atoms with Crippen molar-refractivity contribution in [2.45, 2.75) is 25.8 Å². The van der Waals surface area contributed by atoms with Crippen molar-refractivity contribution in [3.05, 3.63) is 46.2 Å². The molecular formula is C17H22N2OS. The Labute approximate surface area is 130 Å². The highest BCUT2D eigenvalue weighted by Crippen LogP contribution is 2.32. The number of nitrogens with two attached hydrogens (primary N) is 1. The molecule has 2 heterocycles. The number of nitrogens with zero attached hydrogens (tertiary/aromatic N) is 1. The van der Waals surface area contributed by atoms with E-state index in [2.05, 4.69) is 23.3 Å². The van der Waals surface area contributed by atoms with Gasteiger partial charge < -0.3 is 10.5 Å². The van der Waals surface area contributed by atoms with Gasteiger partial charge in [-0.3, -0.25) is 4.90 Å². The smallest absolute Gasteiger partial charge is 0.119 e. The van der Waals surface area contributed by atoms with E-state index in [1.54, 1.807) is 4.88 Å². The maximum absolute atomic E-state index is 5.76. The van der Waals surface area contributed by atoms with E-state index in [-0.39, 0.29) is 0 Å². The molecular weight excluding hydrogens is 280 g/mol. The second-order valence-electron chi connectivity index (χ2n) is 5.53. The van der Waals surface area contributed by atoms with Crippen molar-refractivity contribution < 1.29 is 4.74 Å². The van der Waals surface area contributed by atoms with Crippen molar-refractivity contribution in [2.75, 3.05) is 25.4 Å². The van der Waals surface area contributed by atoms with E-state index in [1.807, 2.05) is 35.6 Å². The average molecular weight is 302 g/mol. The molecule has 1 atom stereocenters. The van der Waals surface area contributed by atoms with Gasteiger partial charge in [0, 0.05) is 29.7 Å². The molecule has 112 valence electrons. The lowest BCUT2D eigenvalue weighted by Crippen LogP contribution is -2.34. The number of ether oxygens (including phenoxy) is 1. The third kappa shape index (κ3) is 3.39. The minimum absolute atomic E-state index is 0.538. The highest BCUT2D eigenvalue weighted by atomic mass is 32.1. The lowest BCUT2D eigenvalue weighted by Gasteiger charge is -2.33. The summed E-state index contributed by atoms with van der Waals surface area (Å²) >= 11 is 1.90. The van der Waals surface area contributed by atoms with Gasteiger partial charge in [0.1, 0.15) is 5.75 Å². The third-order valence-corrected chi connectivity index (χ3v) is 5.14. The first-order valence-electron chi connectivity index (χ1n) is 7.52. The van der Waals surface area contributed by atoms with Gasteiger partial charge in [-0.25, -0.2) is 0 Å². The Balaban J connectivity index is 1.45. The fourth-order valence-corrected chi connectivity index (χ4v) is 3.85. The maximum Gasteiger partial charge on any atom is 0.119 e. The number of hydrogen-bond acceptors (Lipinski definition) is 4. The molecule has 2 aromatic rings. The second-order valence-corrected chi connectivity index (χ2v) is 6.53. The Hall–Kier alpha value is -1.52. The van der Waals surface area contributed by atoms with E-state index in [9.17, 15) is 0 Å². The predicted molar refractivity (Wildman–Crippen MR) is 89.0 cm³/mol. The zero-order valence-corrected chi connectivity index (χ0v) is 13.2. The van der Waals surface area contributed by atoms with Gasteiger partial charge in [0.25, 0.3) is 0 Å². The van der Waals surface area contributed by atoms with E-state index < -0.39 is 0 Å². The number of rotatable bonds is 5. The van der Waals surface area contributed by atoms with Crippen LogP contribution in [0.4, 0.5) is 5.69 Å². The molecule has 4 heteroatoms. The van der Waals surface area contributed by atoms with Gasteiger partial charge in [0.15, 0.2) is 0 Å². The van der Waals surface area contributed by atoms with Gasteiger partial charge >= 0.3 is 0 Å². The summed E-state index contributed by atoms with van der Waals surface area (Å²) in [7, 11) is 0. The number of benzene rings is 1. The van der Waals surface area contributed by atoms with Crippen molar-refractivity contribution >= 4 is 17.0 Å². The first kappa shape index (κ1) is 14.4. The first-order valence-corrected chi connectivity index (χ1v) is 8.40.